The van der Waals surface area contributed by atoms with Gasteiger partial charge in [-0.25, -0.2) is 0 Å². The van der Waals surface area contributed by atoms with Gasteiger partial charge < -0.3 is 15.2 Å². The molecule has 4 heteroatoms. The Bertz CT molecular complexity index is 467. The zero-order chi connectivity index (χ0) is 15.8. The predicted molar refractivity (Wildman–Crippen MR) is 86.8 cm³/mol. The largest absolute Gasteiger partial charge is 0.497 e. The van der Waals surface area contributed by atoms with Crippen molar-refractivity contribution in [1.82, 2.24) is 5.32 Å². The molecule has 1 atom stereocenters. The van der Waals surface area contributed by atoms with Crippen molar-refractivity contribution in [1.29, 1.82) is 0 Å². The molecule has 122 valence electrons. The number of aliphatic hydroxyl groups excluding tert-OH is 1. The van der Waals surface area contributed by atoms with Crippen LogP contribution in [0.15, 0.2) is 24.3 Å². The molecule has 1 aromatic carbocycles. The normalized spacial score (nSPS) is 17.5. The molecule has 0 aliphatic heterocycles. The lowest BCUT2D eigenvalue weighted by atomic mass is 9.96. The number of hydrogen-bond donors (Lipinski definition) is 2. The average Bonchev–Trinajstić information content (AvgIpc) is 2.81. The molecule has 0 bridgehead atoms. The molecule has 0 saturated heterocycles. The van der Waals surface area contributed by atoms with E-state index in [9.17, 15) is 9.90 Å². The third-order valence-electron chi connectivity index (χ3n) is 4.42. The van der Waals surface area contributed by atoms with Crippen molar-refractivity contribution in [2.75, 3.05) is 13.7 Å². The lowest BCUT2D eigenvalue weighted by molar-refractivity contribution is -0.122. The van der Waals surface area contributed by atoms with Gasteiger partial charge in [-0.05, 0) is 36.5 Å². The highest BCUT2D eigenvalue weighted by Gasteiger charge is 2.17. The summed E-state index contributed by atoms with van der Waals surface area (Å²) in [6.07, 6.45) is 7.28. The Kier molecular flexibility index (Phi) is 6.72. The summed E-state index contributed by atoms with van der Waals surface area (Å²) in [4.78, 5) is 12.0. The second kappa shape index (κ2) is 8.79. The van der Waals surface area contributed by atoms with Gasteiger partial charge in [0.1, 0.15) is 5.75 Å². The minimum atomic E-state index is -0.701. The number of carbonyl (C=O) groups excluding carboxylic acids is 1. The van der Waals surface area contributed by atoms with Crippen molar-refractivity contribution in [2.24, 2.45) is 5.92 Å². The van der Waals surface area contributed by atoms with Crippen LogP contribution < -0.4 is 10.1 Å². The van der Waals surface area contributed by atoms with Crippen LogP contribution in [0.5, 0.6) is 5.75 Å². The second-order valence-corrected chi connectivity index (χ2v) is 6.16. The first-order valence-corrected chi connectivity index (χ1v) is 8.27. The molecule has 0 spiro atoms. The van der Waals surface area contributed by atoms with E-state index in [1.165, 1.54) is 25.7 Å². The van der Waals surface area contributed by atoms with E-state index in [0.29, 0.717) is 18.1 Å². The van der Waals surface area contributed by atoms with Crippen LogP contribution in [0.3, 0.4) is 0 Å². The maximum Gasteiger partial charge on any atom is 0.220 e. The second-order valence-electron chi connectivity index (χ2n) is 6.16. The molecule has 0 heterocycles. The maximum absolute atomic E-state index is 12.0. The smallest absolute Gasteiger partial charge is 0.220 e. The molecule has 0 aromatic heterocycles. The van der Waals surface area contributed by atoms with Gasteiger partial charge in [0.15, 0.2) is 0 Å². The van der Waals surface area contributed by atoms with Crippen molar-refractivity contribution in [3.05, 3.63) is 29.8 Å². The molecule has 1 aromatic rings. The third-order valence-corrected chi connectivity index (χ3v) is 4.42. The summed E-state index contributed by atoms with van der Waals surface area (Å²) in [5, 5.41) is 13.0. The van der Waals surface area contributed by atoms with E-state index in [2.05, 4.69) is 5.32 Å². The summed E-state index contributed by atoms with van der Waals surface area (Å²) >= 11 is 0. The highest BCUT2D eigenvalue weighted by atomic mass is 16.5. The Morgan fingerprint density at radius 2 is 2.05 bits per heavy atom. The molecule has 2 N–H and O–H groups in total. The molecule has 1 aliphatic rings. The van der Waals surface area contributed by atoms with Crippen LogP contribution in [0.1, 0.15) is 56.6 Å². The van der Waals surface area contributed by atoms with E-state index in [-0.39, 0.29) is 12.5 Å². The molecule has 4 nitrogen and oxygen atoms in total. The van der Waals surface area contributed by atoms with E-state index in [0.717, 1.165) is 18.4 Å². The fourth-order valence-electron chi connectivity index (χ4n) is 3.08. The summed E-state index contributed by atoms with van der Waals surface area (Å²) < 4.78 is 5.14. The van der Waals surface area contributed by atoms with Crippen LogP contribution in [-0.2, 0) is 4.79 Å². The van der Waals surface area contributed by atoms with Crippen LogP contribution >= 0.6 is 0 Å². The first kappa shape index (κ1) is 16.8. The van der Waals surface area contributed by atoms with Crippen LogP contribution in [0.25, 0.3) is 0 Å². The fourth-order valence-corrected chi connectivity index (χ4v) is 3.08. The average molecular weight is 305 g/mol. The van der Waals surface area contributed by atoms with Crippen LogP contribution in [-0.4, -0.2) is 24.7 Å². The van der Waals surface area contributed by atoms with E-state index >= 15 is 0 Å². The molecule has 0 radical (unpaired) electrons. The van der Waals surface area contributed by atoms with Crippen LogP contribution in [0.4, 0.5) is 0 Å². The monoisotopic (exact) mass is 305 g/mol. The minimum absolute atomic E-state index is 0.0499. The number of aliphatic hydroxyl groups is 1. The van der Waals surface area contributed by atoms with Crippen molar-refractivity contribution < 1.29 is 14.6 Å². The van der Waals surface area contributed by atoms with Gasteiger partial charge in [-0.15, -0.1) is 0 Å². The molecule has 1 fully saturated rings. The topological polar surface area (TPSA) is 58.6 Å². The molecule has 1 aliphatic carbocycles. The summed E-state index contributed by atoms with van der Waals surface area (Å²) in [7, 11) is 1.60. The van der Waals surface area contributed by atoms with E-state index < -0.39 is 6.10 Å². The minimum Gasteiger partial charge on any atom is -0.497 e. The van der Waals surface area contributed by atoms with Crippen molar-refractivity contribution >= 4 is 5.91 Å². The lowest BCUT2D eigenvalue weighted by Gasteiger charge is -2.16. The highest BCUT2D eigenvalue weighted by molar-refractivity contribution is 5.76. The first-order chi connectivity index (χ1) is 10.7. The number of amides is 1. The van der Waals surface area contributed by atoms with Gasteiger partial charge in [0, 0.05) is 13.0 Å². The summed E-state index contributed by atoms with van der Waals surface area (Å²) in [5.41, 5.74) is 0.758. The van der Waals surface area contributed by atoms with Gasteiger partial charge in [0.05, 0.1) is 13.2 Å². The molecule has 1 amide bonds. The predicted octanol–water partition coefficient (Wildman–Crippen LogP) is 3.21. The van der Waals surface area contributed by atoms with Crippen molar-refractivity contribution in [3.8, 4) is 5.75 Å². The Morgan fingerprint density at radius 1 is 1.32 bits per heavy atom. The van der Waals surface area contributed by atoms with E-state index in [1.807, 2.05) is 18.2 Å². The molecule has 22 heavy (non-hydrogen) atoms. The number of nitrogens with one attached hydrogen (secondary N) is 1. The van der Waals surface area contributed by atoms with Crippen molar-refractivity contribution in [3.63, 3.8) is 0 Å². The van der Waals surface area contributed by atoms with Gasteiger partial charge in [-0.1, -0.05) is 37.8 Å². The third kappa shape index (κ3) is 5.34. The van der Waals surface area contributed by atoms with Gasteiger partial charge >= 0.3 is 0 Å². The number of carbonyl (C=O) groups is 1. The van der Waals surface area contributed by atoms with Crippen LogP contribution in [0, 0.1) is 5.92 Å². The fraction of sp³-hybridized carbons (Fsp3) is 0.611. The van der Waals surface area contributed by atoms with Crippen molar-refractivity contribution in [2.45, 2.75) is 51.0 Å². The molecule has 1 saturated carbocycles. The first-order valence-electron chi connectivity index (χ1n) is 8.27. The summed E-state index contributed by atoms with van der Waals surface area (Å²) in [6, 6.07) is 7.30. The Hall–Kier alpha value is -1.55. The zero-order valence-corrected chi connectivity index (χ0v) is 13.4. The van der Waals surface area contributed by atoms with Gasteiger partial charge in [0.25, 0.3) is 0 Å². The summed E-state index contributed by atoms with van der Waals surface area (Å²) in [6.45, 7) is 0.249. The number of ether oxygens (including phenoxy) is 1. The van der Waals surface area contributed by atoms with Gasteiger partial charge in [0.2, 0.25) is 5.91 Å². The number of hydrogen-bond acceptors (Lipinski definition) is 3. The molecule has 1 unspecified atom stereocenters. The Morgan fingerprint density at radius 3 is 2.73 bits per heavy atom. The number of methoxy groups -OCH3 is 1. The lowest BCUT2D eigenvalue weighted by Crippen LogP contribution is -2.29. The maximum atomic E-state index is 12.0. The standard InChI is InChI=1S/C18H27NO3/c1-22-16-10-6-9-15(12-16)17(20)13-19-18(21)11-14-7-4-2-3-5-8-14/h6,9-10,12,14,17,20H,2-5,7-8,11,13H2,1H3,(H,19,21). The SMILES string of the molecule is COc1cccc(C(O)CNC(=O)CC2CCCCCC2)c1. The molecular weight excluding hydrogens is 278 g/mol. The molecule has 2 rings (SSSR count). The Balaban J connectivity index is 1.77. The van der Waals surface area contributed by atoms with Gasteiger partial charge in [-0.2, -0.15) is 0 Å². The number of rotatable bonds is 6. The zero-order valence-electron chi connectivity index (χ0n) is 13.4. The highest BCUT2D eigenvalue weighted by Crippen LogP contribution is 2.25. The van der Waals surface area contributed by atoms with Crippen LogP contribution in [0.2, 0.25) is 0 Å². The molecular formula is C18H27NO3. The van der Waals surface area contributed by atoms with E-state index in [1.54, 1.807) is 13.2 Å². The summed E-state index contributed by atoms with van der Waals surface area (Å²) in [5.74, 6) is 1.27. The van der Waals surface area contributed by atoms with Gasteiger partial charge in [-0.3, -0.25) is 4.79 Å². The Labute approximate surface area is 132 Å². The number of benzene rings is 1. The quantitative estimate of drug-likeness (QED) is 0.793. The van der Waals surface area contributed by atoms with E-state index in [4.69, 9.17) is 4.74 Å².